The summed E-state index contributed by atoms with van der Waals surface area (Å²) in [4.78, 5) is 11.4. The molecule has 0 amide bonds. The second-order valence-corrected chi connectivity index (χ2v) is 3.20. The number of hydrogen-bond donors (Lipinski definition) is 0. The van der Waals surface area contributed by atoms with Crippen molar-refractivity contribution in [1.82, 2.24) is 9.78 Å². The highest BCUT2D eigenvalue weighted by atomic mass is 16.5. The lowest BCUT2D eigenvalue weighted by Crippen LogP contribution is -2.07. The summed E-state index contributed by atoms with van der Waals surface area (Å²) in [5, 5.41) is 4.13. The predicted molar refractivity (Wildman–Crippen MR) is 56.1 cm³/mol. The van der Waals surface area contributed by atoms with Gasteiger partial charge in [0.25, 0.3) is 0 Å². The van der Waals surface area contributed by atoms with Crippen LogP contribution in [0, 0.1) is 0 Å². The van der Waals surface area contributed by atoms with E-state index in [2.05, 4.69) is 9.84 Å². The summed E-state index contributed by atoms with van der Waals surface area (Å²) in [5.74, 6) is -0.404. The van der Waals surface area contributed by atoms with E-state index in [1.807, 2.05) is 0 Å². The van der Waals surface area contributed by atoms with Crippen LogP contribution in [0.15, 0.2) is 6.20 Å². The smallest absolute Gasteiger partial charge is 0.341 e. The largest absolute Gasteiger partial charge is 0.465 e. The van der Waals surface area contributed by atoms with E-state index in [0.717, 1.165) is 0 Å². The number of aryl methyl sites for hydroxylation is 1. The third-order valence-corrected chi connectivity index (χ3v) is 1.98. The van der Waals surface area contributed by atoms with Crippen LogP contribution in [-0.2, 0) is 27.9 Å². The minimum atomic E-state index is -0.404. The summed E-state index contributed by atoms with van der Waals surface area (Å²) < 4.78 is 16.3. The van der Waals surface area contributed by atoms with Crippen molar-refractivity contribution in [1.29, 1.82) is 0 Å². The maximum absolute atomic E-state index is 11.4. The molecule has 0 fully saturated rings. The molecule has 0 bridgehead atoms. The van der Waals surface area contributed by atoms with Gasteiger partial charge < -0.3 is 14.2 Å². The van der Waals surface area contributed by atoms with Crippen molar-refractivity contribution >= 4 is 5.97 Å². The second-order valence-electron chi connectivity index (χ2n) is 3.20. The summed E-state index contributed by atoms with van der Waals surface area (Å²) in [5.41, 5.74) is 1.01. The van der Waals surface area contributed by atoms with Crippen LogP contribution in [0.5, 0.6) is 0 Å². The number of carbonyl (C=O) groups is 1. The minimum absolute atomic E-state index is 0.272. The Bertz CT molecular complexity index is 349. The van der Waals surface area contributed by atoms with Gasteiger partial charge in [-0.05, 0) is 0 Å². The molecule has 0 unspecified atom stereocenters. The molecule has 16 heavy (non-hydrogen) atoms. The Morgan fingerprint density at radius 2 is 2.19 bits per heavy atom. The first-order valence-electron chi connectivity index (χ1n) is 4.86. The molecule has 1 rings (SSSR count). The lowest BCUT2D eigenvalue weighted by Gasteiger charge is -2.02. The van der Waals surface area contributed by atoms with Crippen molar-refractivity contribution in [3.8, 4) is 0 Å². The van der Waals surface area contributed by atoms with Crippen LogP contribution < -0.4 is 0 Å². The SMILES string of the molecule is COCCOCc1nn(C)cc1C(=O)OC. The minimum Gasteiger partial charge on any atom is -0.465 e. The van der Waals surface area contributed by atoms with Gasteiger partial charge in [0.15, 0.2) is 0 Å². The topological polar surface area (TPSA) is 62.6 Å². The molecule has 6 nitrogen and oxygen atoms in total. The number of esters is 1. The first-order chi connectivity index (χ1) is 7.69. The van der Waals surface area contributed by atoms with E-state index in [1.54, 1.807) is 25.0 Å². The number of methoxy groups -OCH3 is 2. The highest BCUT2D eigenvalue weighted by Gasteiger charge is 2.15. The molecule has 0 atom stereocenters. The van der Waals surface area contributed by atoms with E-state index >= 15 is 0 Å². The lowest BCUT2D eigenvalue weighted by molar-refractivity contribution is 0.0545. The Hall–Kier alpha value is -1.40. The first kappa shape index (κ1) is 12.7. The van der Waals surface area contributed by atoms with Gasteiger partial charge in [-0.15, -0.1) is 0 Å². The fourth-order valence-electron chi connectivity index (χ4n) is 1.23. The second kappa shape index (κ2) is 6.24. The predicted octanol–water partition coefficient (Wildman–Crippen LogP) is 0.370. The van der Waals surface area contributed by atoms with Crippen LogP contribution in [0.3, 0.4) is 0 Å². The van der Waals surface area contributed by atoms with E-state index in [4.69, 9.17) is 9.47 Å². The van der Waals surface area contributed by atoms with Gasteiger partial charge >= 0.3 is 5.97 Å². The fourth-order valence-corrected chi connectivity index (χ4v) is 1.23. The van der Waals surface area contributed by atoms with Crippen molar-refractivity contribution in [3.05, 3.63) is 17.5 Å². The Morgan fingerprint density at radius 1 is 1.44 bits per heavy atom. The van der Waals surface area contributed by atoms with Gasteiger partial charge in [0, 0.05) is 20.4 Å². The van der Waals surface area contributed by atoms with Gasteiger partial charge in [-0.3, -0.25) is 4.68 Å². The Kier molecular flexibility index (Phi) is 4.94. The molecule has 0 saturated carbocycles. The first-order valence-corrected chi connectivity index (χ1v) is 4.86. The van der Waals surface area contributed by atoms with Gasteiger partial charge in [-0.1, -0.05) is 0 Å². The quantitative estimate of drug-likeness (QED) is 0.520. The third-order valence-electron chi connectivity index (χ3n) is 1.98. The summed E-state index contributed by atoms with van der Waals surface area (Å²) in [6.07, 6.45) is 1.61. The standard InChI is InChI=1S/C10H16N2O4/c1-12-6-8(10(13)15-3)9(11-12)7-16-5-4-14-2/h6H,4-5,7H2,1-3H3. The molecular weight excluding hydrogens is 212 g/mol. The molecule has 0 saturated heterocycles. The molecule has 0 aliphatic rings. The van der Waals surface area contributed by atoms with Crippen LogP contribution in [0.1, 0.15) is 16.1 Å². The molecule has 90 valence electrons. The molecule has 0 aliphatic heterocycles. The highest BCUT2D eigenvalue weighted by molar-refractivity contribution is 5.90. The summed E-state index contributed by atoms with van der Waals surface area (Å²) in [6.45, 7) is 1.25. The monoisotopic (exact) mass is 228 g/mol. The van der Waals surface area contributed by atoms with Crippen LogP contribution >= 0.6 is 0 Å². The molecule has 0 radical (unpaired) electrons. The maximum Gasteiger partial charge on any atom is 0.341 e. The van der Waals surface area contributed by atoms with Crippen LogP contribution in [-0.4, -0.2) is 43.2 Å². The zero-order valence-electron chi connectivity index (χ0n) is 9.73. The zero-order chi connectivity index (χ0) is 12.0. The number of aromatic nitrogens is 2. The Morgan fingerprint density at radius 3 is 2.81 bits per heavy atom. The molecule has 1 heterocycles. The van der Waals surface area contributed by atoms with Gasteiger partial charge in [-0.2, -0.15) is 5.10 Å². The molecule has 0 N–H and O–H groups in total. The van der Waals surface area contributed by atoms with Crippen LogP contribution in [0.4, 0.5) is 0 Å². The number of rotatable bonds is 6. The molecule has 0 aliphatic carbocycles. The Balaban J connectivity index is 2.60. The van der Waals surface area contributed by atoms with Crippen molar-refractivity contribution in [2.24, 2.45) is 7.05 Å². The molecule has 1 aromatic heterocycles. The summed E-state index contributed by atoms with van der Waals surface area (Å²) in [6, 6.07) is 0. The van der Waals surface area contributed by atoms with Crippen LogP contribution in [0.25, 0.3) is 0 Å². The fraction of sp³-hybridized carbons (Fsp3) is 0.600. The number of ether oxygens (including phenoxy) is 3. The summed E-state index contributed by atoms with van der Waals surface area (Å²) >= 11 is 0. The normalized spacial score (nSPS) is 10.4. The average Bonchev–Trinajstić information content (AvgIpc) is 2.65. The van der Waals surface area contributed by atoms with E-state index in [0.29, 0.717) is 24.5 Å². The van der Waals surface area contributed by atoms with E-state index < -0.39 is 5.97 Å². The Labute approximate surface area is 94.1 Å². The van der Waals surface area contributed by atoms with Crippen molar-refractivity contribution in [2.45, 2.75) is 6.61 Å². The maximum atomic E-state index is 11.4. The van der Waals surface area contributed by atoms with Crippen LogP contribution in [0.2, 0.25) is 0 Å². The van der Waals surface area contributed by atoms with Gasteiger partial charge in [-0.25, -0.2) is 4.79 Å². The molecular formula is C10H16N2O4. The van der Waals surface area contributed by atoms with Crippen molar-refractivity contribution in [2.75, 3.05) is 27.4 Å². The van der Waals surface area contributed by atoms with E-state index in [1.165, 1.54) is 7.11 Å². The lowest BCUT2D eigenvalue weighted by atomic mass is 10.2. The van der Waals surface area contributed by atoms with Crippen molar-refractivity contribution in [3.63, 3.8) is 0 Å². The molecule has 6 heteroatoms. The molecule has 1 aromatic rings. The van der Waals surface area contributed by atoms with Crippen molar-refractivity contribution < 1.29 is 19.0 Å². The highest BCUT2D eigenvalue weighted by Crippen LogP contribution is 2.09. The number of carbonyl (C=O) groups excluding carboxylic acids is 1. The third kappa shape index (κ3) is 3.32. The van der Waals surface area contributed by atoms with Gasteiger partial charge in [0.1, 0.15) is 11.3 Å². The van der Waals surface area contributed by atoms with E-state index in [9.17, 15) is 4.79 Å². The number of nitrogens with zero attached hydrogens (tertiary/aromatic N) is 2. The molecule has 0 aromatic carbocycles. The van der Waals surface area contributed by atoms with E-state index in [-0.39, 0.29) is 6.61 Å². The van der Waals surface area contributed by atoms with Gasteiger partial charge in [0.2, 0.25) is 0 Å². The average molecular weight is 228 g/mol. The number of hydrogen-bond acceptors (Lipinski definition) is 5. The zero-order valence-corrected chi connectivity index (χ0v) is 9.73. The van der Waals surface area contributed by atoms with Gasteiger partial charge in [0.05, 0.1) is 26.9 Å². The summed E-state index contributed by atoms with van der Waals surface area (Å²) in [7, 11) is 4.68. The molecule has 0 spiro atoms.